The van der Waals surface area contributed by atoms with Gasteiger partial charge in [0.05, 0.1) is 10.6 Å². The van der Waals surface area contributed by atoms with Gasteiger partial charge in [0.2, 0.25) is 0 Å². The van der Waals surface area contributed by atoms with Crippen LogP contribution in [0.1, 0.15) is 13.8 Å². The van der Waals surface area contributed by atoms with Crippen molar-refractivity contribution in [1.29, 1.82) is 5.26 Å². The summed E-state index contributed by atoms with van der Waals surface area (Å²) in [6, 6.07) is 1.96. The number of nitrogens with zero attached hydrogens (tertiary/aromatic N) is 1. The van der Waals surface area contributed by atoms with Crippen molar-refractivity contribution in [3.63, 3.8) is 0 Å². The molecule has 0 fully saturated rings. The van der Waals surface area contributed by atoms with Gasteiger partial charge in [0.1, 0.15) is 6.07 Å². The first-order chi connectivity index (χ1) is 5.49. The lowest BCUT2D eigenvalue weighted by Gasteiger charge is -2.03. The van der Waals surface area contributed by atoms with Crippen molar-refractivity contribution in [2.75, 3.05) is 0 Å². The number of halogens is 1. The SMILES string of the molecule is C=C(Cl)/C(C#N)=C\C(=C)C(C)C. The first kappa shape index (κ1) is 11.0. The molecule has 0 amide bonds. The van der Waals surface area contributed by atoms with Crippen molar-refractivity contribution in [1.82, 2.24) is 0 Å². The van der Waals surface area contributed by atoms with E-state index in [1.165, 1.54) is 0 Å². The second kappa shape index (κ2) is 4.79. The highest BCUT2D eigenvalue weighted by Crippen LogP contribution is 2.16. The van der Waals surface area contributed by atoms with Gasteiger partial charge < -0.3 is 0 Å². The Morgan fingerprint density at radius 2 is 2.00 bits per heavy atom. The Hall–Kier alpha value is -1.00. The summed E-state index contributed by atoms with van der Waals surface area (Å²) in [5.41, 5.74) is 1.27. The Kier molecular flexibility index (Phi) is 4.39. The van der Waals surface area contributed by atoms with Gasteiger partial charge in [-0.1, -0.05) is 44.2 Å². The number of allylic oxidation sites excluding steroid dienone is 4. The molecule has 12 heavy (non-hydrogen) atoms. The van der Waals surface area contributed by atoms with Crippen LogP contribution < -0.4 is 0 Å². The maximum Gasteiger partial charge on any atom is 0.101 e. The lowest BCUT2D eigenvalue weighted by molar-refractivity contribution is 0.794. The van der Waals surface area contributed by atoms with Crippen molar-refractivity contribution < 1.29 is 0 Å². The fourth-order valence-corrected chi connectivity index (χ4v) is 0.620. The zero-order valence-electron chi connectivity index (χ0n) is 7.39. The number of hydrogen-bond donors (Lipinski definition) is 0. The second-order valence-electron chi connectivity index (χ2n) is 2.80. The van der Waals surface area contributed by atoms with Gasteiger partial charge in [-0.25, -0.2) is 0 Å². The van der Waals surface area contributed by atoms with Crippen LogP contribution in [0.15, 0.2) is 35.4 Å². The molecule has 2 heteroatoms. The molecule has 0 heterocycles. The van der Waals surface area contributed by atoms with Crippen molar-refractivity contribution in [3.05, 3.63) is 35.4 Å². The fourth-order valence-electron chi connectivity index (χ4n) is 0.523. The smallest absolute Gasteiger partial charge is 0.101 e. The average Bonchev–Trinajstić information content (AvgIpc) is 1.98. The van der Waals surface area contributed by atoms with E-state index in [9.17, 15) is 0 Å². The topological polar surface area (TPSA) is 23.8 Å². The molecule has 0 N–H and O–H groups in total. The van der Waals surface area contributed by atoms with E-state index in [0.29, 0.717) is 11.5 Å². The Bertz CT molecular complexity index is 266. The molecule has 0 aromatic rings. The minimum atomic E-state index is 0.263. The van der Waals surface area contributed by atoms with E-state index < -0.39 is 0 Å². The molecule has 1 nitrogen and oxygen atoms in total. The van der Waals surface area contributed by atoms with Crippen LogP contribution >= 0.6 is 11.6 Å². The van der Waals surface area contributed by atoms with Crippen LogP contribution in [-0.4, -0.2) is 0 Å². The summed E-state index contributed by atoms with van der Waals surface area (Å²) in [4.78, 5) is 0. The summed E-state index contributed by atoms with van der Waals surface area (Å²) in [5.74, 6) is 0.323. The number of nitriles is 1. The Balaban J connectivity index is 4.65. The van der Waals surface area contributed by atoms with Crippen LogP contribution in [0, 0.1) is 17.2 Å². The Morgan fingerprint density at radius 1 is 1.50 bits per heavy atom. The van der Waals surface area contributed by atoms with Crippen LogP contribution in [0.3, 0.4) is 0 Å². The summed E-state index contributed by atoms with van der Waals surface area (Å²) in [7, 11) is 0. The quantitative estimate of drug-likeness (QED) is 0.484. The fraction of sp³-hybridized carbons (Fsp3) is 0.300. The Morgan fingerprint density at radius 3 is 2.25 bits per heavy atom. The molecule has 0 radical (unpaired) electrons. The van der Waals surface area contributed by atoms with Gasteiger partial charge in [-0.3, -0.25) is 0 Å². The molecule has 0 aliphatic rings. The largest absolute Gasteiger partial charge is 0.192 e. The summed E-state index contributed by atoms with van der Waals surface area (Å²) in [6.07, 6.45) is 1.67. The van der Waals surface area contributed by atoms with E-state index in [4.69, 9.17) is 16.9 Å². The molecule has 0 unspecified atom stereocenters. The van der Waals surface area contributed by atoms with Crippen LogP contribution in [0.5, 0.6) is 0 Å². The van der Waals surface area contributed by atoms with Gasteiger partial charge in [0.25, 0.3) is 0 Å². The molecule has 0 spiro atoms. The standard InChI is InChI=1S/C10H12ClN/c1-7(2)8(3)5-10(6-12)9(4)11/h5,7H,3-4H2,1-2H3/b10-5-. The van der Waals surface area contributed by atoms with Crippen molar-refractivity contribution in [2.45, 2.75) is 13.8 Å². The minimum Gasteiger partial charge on any atom is -0.192 e. The molecule has 0 rings (SSSR count). The second-order valence-corrected chi connectivity index (χ2v) is 3.26. The Labute approximate surface area is 78.7 Å². The van der Waals surface area contributed by atoms with E-state index in [1.807, 2.05) is 19.9 Å². The van der Waals surface area contributed by atoms with E-state index in [-0.39, 0.29) is 5.03 Å². The molecule has 0 atom stereocenters. The average molecular weight is 182 g/mol. The normalized spacial score (nSPS) is 11.1. The van der Waals surface area contributed by atoms with Crippen LogP contribution in [0.2, 0.25) is 0 Å². The number of rotatable bonds is 3. The highest BCUT2D eigenvalue weighted by molar-refractivity contribution is 6.32. The molecule has 0 aliphatic heterocycles. The van der Waals surface area contributed by atoms with Gasteiger partial charge in [-0.05, 0) is 12.0 Å². The van der Waals surface area contributed by atoms with Gasteiger partial charge in [0, 0.05) is 0 Å². The van der Waals surface area contributed by atoms with E-state index >= 15 is 0 Å². The van der Waals surface area contributed by atoms with Crippen LogP contribution in [-0.2, 0) is 0 Å². The van der Waals surface area contributed by atoms with Gasteiger partial charge in [-0.2, -0.15) is 5.26 Å². The summed E-state index contributed by atoms with van der Waals surface area (Å²) < 4.78 is 0. The molecule has 0 saturated carbocycles. The maximum absolute atomic E-state index is 8.62. The predicted molar refractivity (Wildman–Crippen MR) is 52.7 cm³/mol. The minimum absolute atomic E-state index is 0.263. The third-order valence-electron chi connectivity index (χ3n) is 1.48. The van der Waals surface area contributed by atoms with Crippen molar-refractivity contribution in [3.8, 4) is 6.07 Å². The zero-order chi connectivity index (χ0) is 9.72. The van der Waals surface area contributed by atoms with Gasteiger partial charge in [0.15, 0.2) is 0 Å². The van der Waals surface area contributed by atoms with Crippen LogP contribution in [0.25, 0.3) is 0 Å². The molecule has 0 bridgehead atoms. The molecular formula is C10H12ClN. The van der Waals surface area contributed by atoms with Crippen molar-refractivity contribution in [2.24, 2.45) is 5.92 Å². The summed E-state index contributed by atoms with van der Waals surface area (Å²) >= 11 is 5.57. The first-order valence-corrected chi connectivity index (χ1v) is 4.02. The van der Waals surface area contributed by atoms with E-state index in [2.05, 4.69) is 13.2 Å². The summed E-state index contributed by atoms with van der Waals surface area (Å²) in [6.45, 7) is 11.3. The maximum atomic E-state index is 8.62. The van der Waals surface area contributed by atoms with Gasteiger partial charge >= 0.3 is 0 Å². The summed E-state index contributed by atoms with van der Waals surface area (Å²) in [5, 5.41) is 8.89. The molecular weight excluding hydrogens is 170 g/mol. The molecule has 64 valence electrons. The monoisotopic (exact) mass is 181 g/mol. The third-order valence-corrected chi connectivity index (χ3v) is 1.69. The molecule has 0 aliphatic carbocycles. The van der Waals surface area contributed by atoms with Gasteiger partial charge in [-0.15, -0.1) is 0 Å². The zero-order valence-corrected chi connectivity index (χ0v) is 8.15. The lowest BCUT2D eigenvalue weighted by Crippen LogP contribution is -1.89. The highest BCUT2D eigenvalue weighted by Gasteiger charge is 2.01. The third kappa shape index (κ3) is 3.41. The number of hydrogen-bond acceptors (Lipinski definition) is 1. The highest BCUT2D eigenvalue weighted by atomic mass is 35.5. The molecule has 0 aromatic carbocycles. The molecule has 0 saturated heterocycles. The van der Waals surface area contributed by atoms with E-state index in [1.54, 1.807) is 6.08 Å². The lowest BCUT2D eigenvalue weighted by atomic mass is 10.0. The predicted octanol–water partition coefficient (Wildman–Crippen LogP) is 3.40. The molecule has 0 aromatic heterocycles. The van der Waals surface area contributed by atoms with Crippen molar-refractivity contribution >= 4 is 11.6 Å². The first-order valence-electron chi connectivity index (χ1n) is 3.64. The van der Waals surface area contributed by atoms with Crippen LogP contribution in [0.4, 0.5) is 0 Å². The van der Waals surface area contributed by atoms with E-state index in [0.717, 1.165) is 5.57 Å².